The van der Waals surface area contributed by atoms with Crippen molar-refractivity contribution in [1.29, 1.82) is 0 Å². The fourth-order valence-corrected chi connectivity index (χ4v) is 8.06. The zero-order valence-corrected chi connectivity index (χ0v) is 30.8. The summed E-state index contributed by atoms with van der Waals surface area (Å²) < 4.78 is 2.39. The second-order valence-corrected chi connectivity index (χ2v) is 14.2. The van der Waals surface area contributed by atoms with Crippen LogP contribution in [0.15, 0.2) is 231 Å². The smallest absolute Gasteiger partial charge is 0.0561 e. The van der Waals surface area contributed by atoms with E-state index in [1.54, 1.807) is 0 Å². The Hall–Kier alpha value is -7.42. The summed E-state index contributed by atoms with van der Waals surface area (Å²) in [4.78, 5) is 2.42. The van der Waals surface area contributed by atoms with Crippen molar-refractivity contribution >= 4 is 38.9 Å². The number of fused-ring (bicyclic) bond motifs is 3. The quantitative estimate of drug-likeness (QED) is 0.152. The lowest BCUT2D eigenvalue weighted by atomic mass is 9.95. The van der Waals surface area contributed by atoms with Crippen LogP contribution in [0.2, 0.25) is 0 Å². The van der Waals surface area contributed by atoms with Crippen molar-refractivity contribution < 1.29 is 0 Å². The standard InChI is InChI=1S/C54H38N2/c1-5-15-39(16-6-1)41-25-27-43(28-26-41)45-31-36-53(51(37-45)44-19-9-3-10-20-44)55(47-32-29-42(30-33-47)40-17-7-2-8-18-40)48-34-35-50-49-23-13-14-24-52(49)56(54(50)38-48)46-21-11-4-12-22-46/h1-38H. The molecule has 10 rings (SSSR count). The van der Waals surface area contributed by atoms with Crippen molar-refractivity contribution in [2.75, 3.05) is 4.90 Å². The highest BCUT2D eigenvalue weighted by Crippen LogP contribution is 2.45. The molecule has 264 valence electrons. The molecule has 0 aliphatic heterocycles. The average molecular weight is 715 g/mol. The fourth-order valence-electron chi connectivity index (χ4n) is 8.06. The SMILES string of the molecule is c1ccc(-c2ccc(-c3ccc(N(c4ccc(-c5ccccc5)cc4)c4ccc5c6ccccc6n(-c6ccccc6)c5c4)c(-c4ccccc4)c3)cc2)cc1. The number of benzene rings is 9. The maximum absolute atomic E-state index is 2.42. The van der Waals surface area contributed by atoms with E-state index in [-0.39, 0.29) is 0 Å². The molecule has 0 atom stereocenters. The largest absolute Gasteiger partial charge is 0.310 e. The van der Waals surface area contributed by atoms with Crippen molar-refractivity contribution in [3.05, 3.63) is 231 Å². The normalized spacial score (nSPS) is 11.2. The molecule has 10 aromatic rings. The highest BCUT2D eigenvalue weighted by Gasteiger charge is 2.21. The van der Waals surface area contributed by atoms with E-state index in [0.29, 0.717) is 0 Å². The third kappa shape index (κ3) is 6.14. The van der Waals surface area contributed by atoms with Crippen LogP contribution < -0.4 is 4.90 Å². The van der Waals surface area contributed by atoms with Gasteiger partial charge in [-0.1, -0.05) is 176 Å². The summed E-state index contributed by atoms with van der Waals surface area (Å²) in [5.74, 6) is 0. The molecule has 2 nitrogen and oxygen atoms in total. The molecule has 56 heavy (non-hydrogen) atoms. The average Bonchev–Trinajstić information content (AvgIpc) is 3.62. The second-order valence-electron chi connectivity index (χ2n) is 14.2. The molecule has 0 saturated carbocycles. The molecule has 9 aromatic carbocycles. The van der Waals surface area contributed by atoms with Crippen LogP contribution in [0, 0.1) is 0 Å². The van der Waals surface area contributed by atoms with Gasteiger partial charge in [0.05, 0.1) is 16.7 Å². The van der Waals surface area contributed by atoms with E-state index in [0.717, 1.165) is 39.4 Å². The van der Waals surface area contributed by atoms with Gasteiger partial charge in [0.25, 0.3) is 0 Å². The van der Waals surface area contributed by atoms with Gasteiger partial charge in [0.2, 0.25) is 0 Å². The number of anilines is 3. The Balaban J connectivity index is 1.17. The number of aromatic nitrogens is 1. The summed E-state index contributed by atoms with van der Waals surface area (Å²) in [5, 5.41) is 2.47. The maximum Gasteiger partial charge on any atom is 0.0561 e. The molecular weight excluding hydrogens is 677 g/mol. The minimum atomic E-state index is 1.09. The zero-order valence-electron chi connectivity index (χ0n) is 30.8. The summed E-state index contributed by atoms with van der Waals surface area (Å²) in [5.41, 5.74) is 16.3. The lowest BCUT2D eigenvalue weighted by Gasteiger charge is -2.29. The van der Waals surface area contributed by atoms with Gasteiger partial charge in [0.1, 0.15) is 0 Å². The van der Waals surface area contributed by atoms with Gasteiger partial charge in [-0.3, -0.25) is 0 Å². The van der Waals surface area contributed by atoms with E-state index in [1.807, 2.05) is 0 Å². The second kappa shape index (κ2) is 14.4. The van der Waals surface area contributed by atoms with Gasteiger partial charge in [0, 0.05) is 33.4 Å². The number of para-hydroxylation sites is 2. The van der Waals surface area contributed by atoms with Gasteiger partial charge in [-0.25, -0.2) is 0 Å². The summed E-state index contributed by atoms with van der Waals surface area (Å²) in [7, 11) is 0. The topological polar surface area (TPSA) is 8.17 Å². The molecule has 0 saturated heterocycles. The number of nitrogens with zero attached hydrogens (tertiary/aromatic N) is 2. The molecule has 0 amide bonds. The number of rotatable bonds is 8. The van der Waals surface area contributed by atoms with Crippen molar-refractivity contribution in [3.63, 3.8) is 0 Å². The third-order valence-corrected chi connectivity index (χ3v) is 10.8. The van der Waals surface area contributed by atoms with Crippen LogP contribution in [0.5, 0.6) is 0 Å². The van der Waals surface area contributed by atoms with E-state index in [9.17, 15) is 0 Å². The Bertz CT molecular complexity index is 2910. The van der Waals surface area contributed by atoms with Gasteiger partial charge < -0.3 is 9.47 Å². The zero-order chi connectivity index (χ0) is 37.3. The highest BCUT2D eigenvalue weighted by atomic mass is 15.1. The first-order valence-corrected chi connectivity index (χ1v) is 19.2. The van der Waals surface area contributed by atoms with Gasteiger partial charge >= 0.3 is 0 Å². The first-order valence-electron chi connectivity index (χ1n) is 19.2. The summed E-state index contributed by atoms with van der Waals surface area (Å²) in [6, 6.07) is 83.1. The molecule has 1 heterocycles. The van der Waals surface area contributed by atoms with Gasteiger partial charge in [0.15, 0.2) is 0 Å². The lowest BCUT2D eigenvalue weighted by molar-refractivity contribution is 1.18. The van der Waals surface area contributed by atoms with E-state index >= 15 is 0 Å². The number of hydrogen-bond acceptors (Lipinski definition) is 1. The van der Waals surface area contributed by atoms with Crippen LogP contribution in [-0.4, -0.2) is 4.57 Å². The molecular formula is C54H38N2. The Kier molecular flexibility index (Phi) is 8.55. The lowest BCUT2D eigenvalue weighted by Crippen LogP contribution is -2.11. The summed E-state index contributed by atoms with van der Waals surface area (Å²) >= 11 is 0. The Morgan fingerprint density at radius 3 is 1.36 bits per heavy atom. The van der Waals surface area contributed by atoms with E-state index in [1.165, 1.54) is 49.7 Å². The van der Waals surface area contributed by atoms with Crippen molar-refractivity contribution in [2.45, 2.75) is 0 Å². The van der Waals surface area contributed by atoms with Crippen LogP contribution in [0.25, 0.3) is 72.0 Å². The molecule has 0 spiro atoms. The van der Waals surface area contributed by atoms with Gasteiger partial charge in [-0.2, -0.15) is 0 Å². The Labute approximate surface area is 327 Å². The monoisotopic (exact) mass is 714 g/mol. The molecule has 0 aliphatic carbocycles. The van der Waals surface area contributed by atoms with Crippen LogP contribution >= 0.6 is 0 Å². The molecule has 0 unspecified atom stereocenters. The first-order chi connectivity index (χ1) is 27.8. The van der Waals surface area contributed by atoms with E-state index < -0.39 is 0 Å². The maximum atomic E-state index is 2.42. The molecule has 0 aliphatic rings. The number of hydrogen-bond donors (Lipinski definition) is 0. The van der Waals surface area contributed by atoms with Gasteiger partial charge in [-0.05, 0) is 93.5 Å². The van der Waals surface area contributed by atoms with Crippen LogP contribution in [0.3, 0.4) is 0 Å². The van der Waals surface area contributed by atoms with E-state index in [4.69, 9.17) is 0 Å². The molecule has 1 aromatic heterocycles. The molecule has 0 bridgehead atoms. The first kappa shape index (κ1) is 33.2. The molecule has 0 radical (unpaired) electrons. The third-order valence-electron chi connectivity index (χ3n) is 10.8. The van der Waals surface area contributed by atoms with Crippen LogP contribution in [0.4, 0.5) is 17.1 Å². The molecule has 0 fully saturated rings. The van der Waals surface area contributed by atoms with Crippen molar-refractivity contribution in [1.82, 2.24) is 4.57 Å². The van der Waals surface area contributed by atoms with Crippen molar-refractivity contribution in [3.8, 4) is 50.2 Å². The van der Waals surface area contributed by atoms with Crippen LogP contribution in [-0.2, 0) is 0 Å². The highest BCUT2D eigenvalue weighted by molar-refractivity contribution is 6.10. The predicted octanol–water partition coefficient (Wildman–Crippen LogP) is 14.9. The molecule has 0 N–H and O–H groups in total. The Morgan fingerprint density at radius 1 is 0.286 bits per heavy atom. The van der Waals surface area contributed by atoms with Crippen molar-refractivity contribution in [2.24, 2.45) is 0 Å². The minimum Gasteiger partial charge on any atom is -0.310 e. The van der Waals surface area contributed by atoms with E-state index in [2.05, 4.69) is 240 Å². The fraction of sp³-hybridized carbons (Fsp3) is 0. The summed E-state index contributed by atoms with van der Waals surface area (Å²) in [6.07, 6.45) is 0. The molecule has 2 heteroatoms. The minimum absolute atomic E-state index is 1.09. The predicted molar refractivity (Wildman–Crippen MR) is 237 cm³/mol. The van der Waals surface area contributed by atoms with Gasteiger partial charge in [-0.15, -0.1) is 0 Å². The van der Waals surface area contributed by atoms with Crippen LogP contribution in [0.1, 0.15) is 0 Å². The Morgan fingerprint density at radius 2 is 0.732 bits per heavy atom. The summed E-state index contributed by atoms with van der Waals surface area (Å²) in [6.45, 7) is 0.